The third-order valence-electron chi connectivity index (χ3n) is 2.44. The van der Waals surface area contributed by atoms with Gasteiger partial charge in [-0.2, -0.15) is 0 Å². The molecule has 2 atom stereocenters. The van der Waals surface area contributed by atoms with Crippen LogP contribution < -0.4 is 5.32 Å². The van der Waals surface area contributed by atoms with E-state index in [1.807, 2.05) is 0 Å². The maximum atomic E-state index is 10.9. The second kappa shape index (κ2) is 2.64. The van der Waals surface area contributed by atoms with Gasteiger partial charge in [0, 0.05) is 0 Å². The lowest BCUT2D eigenvalue weighted by Crippen LogP contribution is -2.48. The second-order valence-corrected chi connectivity index (χ2v) is 3.25. The fourth-order valence-corrected chi connectivity index (χ4v) is 1.84. The number of carbonyl (C=O) groups excluding carboxylic acids is 1. The van der Waals surface area contributed by atoms with Gasteiger partial charge in [-0.05, 0) is 12.8 Å². The van der Waals surface area contributed by atoms with Crippen molar-refractivity contribution in [3.63, 3.8) is 0 Å². The molecule has 0 saturated heterocycles. The molecule has 3 heteroatoms. The Balaban J connectivity index is 2.10. The number of amides is 1. The molecule has 0 aromatic heterocycles. The molecule has 1 aliphatic heterocycles. The number of carbonyl (C=O) groups is 1. The number of hydrogen-bond acceptors (Lipinski definition) is 2. The van der Waals surface area contributed by atoms with Gasteiger partial charge in [0.15, 0.2) is 0 Å². The lowest BCUT2D eigenvalue weighted by Gasteiger charge is -2.31. The van der Waals surface area contributed by atoms with E-state index in [0.717, 1.165) is 12.8 Å². The summed E-state index contributed by atoms with van der Waals surface area (Å²) in [6, 6.07) is 0.711. The summed E-state index contributed by atoms with van der Waals surface area (Å²) in [5.74, 6) is -0.0202. The molecular weight excluding hydrogens is 140 g/mol. The Morgan fingerprint density at radius 2 is 2.27 bits per heavy atom. The molecule has 0 radical (unpaired) electrons. The first kappa shape index (κ1) is 6.83. The molecule has 1 saturated carbocycles. The predicted molar refractivity (Wildman–Crippen MR) is 42.7 cm³/mol. The summed E-state index contributed by atoms with van der Waals surface area (Å²) in [5.41, 5.74) is 0. The predicted octanol–water partition coefficient (Wildman–Crippen LogP) is 0.498. The maximum absolute atomic E-state index is 10.9. The van der Waals surface area contributed by atoms with Crippen LogP contribution in [0.2, 0.25) is 0 Å². The molecule has 0 bridgehead atoms. The van der Waals surface area contributed by atoms with Crippen LogP contribution in [-0.2, 0) is 4.79 Å². The van der Waals surface area contributed by atoms with E-state index in [2.05, 4.69) is 10.3 Å². The van der Waals surface area contributed by atoms with Crippen molar-refractivity contribution in [2.24, 2.45) is 4.99 Å². The molecule has 1 amide bonds. The molecule has 0 aromatic carbocycles. The van der Waals surface area contributed by atoms with Crippen molar-refractivity contribution >= 4 is 12.1 Å². The van der Waals surface area contributed by atoms with Crippen LogP contribution in [0.25, 0.3) is 0 Å². The van der Waals surface area contributed by atoms with Gasteiger partial charge in [0.2, 0.25) is 0 Å². The van der Waals surface area contributed by atoms with Crippen molar-refractivity contribution in [2.45, 2.75) is 37.8 Å². The zero-order valence-corrected chi connectivity index (χ0v) is 6.42. The highest BCUT2D eigenvalue weighted by molar-refractivity contribution is 6.26. The zero-order chi connectivity index (χ0) is 7.68. The Labute approximate surface area is 65.9 Å². The number of nitrogens with zero attached hydrogens (tertiary/aromatic N) is 1. The Morgan fingerprint density at radius 3 is 3.18 bits per heavy atom. The molecule has 0 unspecified atom stereocenters. The van der Waals surface area contributed by atoms with E-state index in [4.69, 9.17) is 0 Å². The van der Waals surface area contributed by atoms with Crippen LogP contribution in [0.5, 0.6) is 0 Å². The van der Waals surface area contributed by atoms with Gasteiger partial charge in [-0.1, -0.05) is 12.8 Å². The fourth-order valence-electron chi connectivity index (χ4n) is 1.84. The lowest BCUT2D eigenvalue weighted by molar-refractivity contribution is -0.115. The third-order valence-corrected chi connectivity index (χ3v) is 2.44. The van der Waals surface area contributed by atoms with Crippen molar-refractivity contribution < 1.29 is 4.79 Å². The zero-order valence-electron chi connectivity index (χ0n) is 6.42. The minimum atomic E-state index is -0.0202. The molecule has 11 heavy (non-hydrogen) atoms. The molecule has 2 rings (SSSR count). The average Bonchev–Trinajstić information content (AvgIpc) is 2.04. The third kappa shape index (κ3) is 1.27. The molecule has 0 aromatic rings. The second-order valence-electron chi connectivity index (χ2n) is 3.25. The molecule has 2 aliphatic rings. The number of nitrogens with one attached hydrogen (secondary N) is 1. The van der Waals surface area contributed by atoms with Gasteiger partial charge in [-0.3, -0.25) is 9.79 Å². The van der Waals surface area contributed by atoms with E-state index >= 15 is 0 Å². The molecular formula is C8H12N2O. The Morgan fingerprint density at radius 1 is 1.45 bits per heavy atom. The van der Waals surface area contributed by atoms with Gasteiger partial charge < -0.3 is 5.32 Å². The standard InChI is InChI=1S/C8H12N2O/c11-8-5-9-6-3-1-2-4-7(6)10-8/h5-7H,1-4H2,(H,10,11)/t6-,7-/m1/s1. The lowest BCUT2D eigenvalue weighted by atomic mass is 9.90. The van der Waals surface area contributed by atoms with E-state index in [1.165, 1.54) is 19.1 Å². The summed E-state index contributed by atoms with van der Waals surface area (Å²) < 4.78 is 0. The number of aliphatic imine (C=N–C) groups is 1. The van der Waals surface area contributed by atoms with Crippen molar-refractivity contribution in [3.05, 3.63) is 0 Å². The Kier molecular flexibility index (Phi) is 1.64. The Hall–Kier alpha value is -0.860. The van der Waals surface area contributed by atoms with Crippen LogP contribution in [0.3, 0.4) is 0 Å². The molecule has 0 spiro atoms. The smallest absolute Gasteiger partial charge is 0.262 e. The highest BCUT2D eigenvalue weighted by Crippen LogP contribution is 2.22. The quantitative estimate of drug-likeness (QED) is 0.539. The SMILES string of the molecule is O=C1C=N[C@@H]2CCCC[C@H]2N1. The van der Waals surface area contributed by atoms with E-state index < -0.39 is 0 Å². The number of rotatable bonds is 0. The fraction of sp³-hybridized carbons (Fsp3) is 0.750. The number of hydrogen-bond donors (Lipinski definition) is 1. The summed E-state index contributed by atoms with van der Waals surface area (Å²) in [6.45, 7) is 0. The van der Waals surface area contributed by atoms with E-state index in [9.17, 15) is 4.79 Å². The van der Waals surface area contributed by atoms with Crippen molar-refractivity contribution in [1.82, 2.24) is 5.32 Å². The first-order valence-corrected chi connectivity index (χ1v) is 4.20. The molecule has 1 aliphatic carbocycles. The van der Waals surface area contributed by atoms with Crippen molar-refractivity contribution in [1.29, 1.82) is 0 Å². The number of fused-ring (bicyclic) bond motifs is 1. The van der Waals surface area contributed by atoms with Gasteiger partial charge in [0.1, 0.15) is 0 Å². The van der Waals surface area contributed by atoms with Crippen LogP contribution in [0.4, 0.5) is 0 Å². The van der Waals surface area contributed by atoms with Gasteiger partial charge in [-0.25, -0.2) is 0 Å². The highest BCUT2D eigenvalue weighted by Gasteiger charge is 2.27. The normalized spacial score (nSPS) is 36.2. The summed E-state index contributed by atoms with van der Waals surface area (Å²) in [5, 5.41) is 2.93. The van der Waals surface area contributed by atoms with Gasteiger partial charge >= 0.3 is 0 Å². The van der Waals surface area contributed by atoms with Crippen LogP contribution in [-0.4, -0.2) is 24.2 Å². The van der Waals surface area contributed by atoms with Crippen LogP contribution in [0, 0.1) is 0 Å². The minimum absolute atomic E-state index is 0.0202. The highest BCUT2D eigenvalue weighted by atomic mass is 16.1. The maximum Gasteiger partial charge on any atom is 0.262 e. The Bertz CT molecular complexity index is 200. The van der Waals surface area contributed by atoms with Crippen molar-refractivity contribution in [2.75, 3.05) is 0 Å². The first-order valence-electron chi connectivity index (χ1n) is 4.20. The van der Waals surface area contributed by atoms with Crippen LogP contribution in [0.1, 0.15) is 25.7 Å². The molecule has 60 valence electrons. The van der Waals surface area contributed by atoms with Crippen LogP contribution in [0.15, 0.2) is 4.99 Å². The average molecular weight is 152 g/mol. The minimum Gasteiger partial charge on any atom is -0.346 e. The van der Waals surface area contributed by atoms with Crippen LogP contribution >= 0.6 is 0 Å². The van der Waals surface area contributed by atoms with Gasteiger partial charge in [0.05, 0.1) is 18.3 Å². The largest absolute Gasteiger partial charge is 0.346 e. The summed E-state index contributed by atoms with van der Waals surface area (Å²) in [6.07, 6.45) is 6.16. The molecule has 1 N–H and O–H groups in total. The molecule has 3 nitrogen and oxygen atoms in total. The van der Waals surface area contributed by atoms with Gasteiger partial charge in [-0.15, -0.1) is 0 Å². The summed E-state index contributed by atoms with van der Waals surface area (Å²) >= 11 is 0. The summed E-state index contributed by atoms with van der Waals surface area (Å²) in [7, 11) is 0. The van der Waals surface area contributed by atoms with E-state index in [1.54, 1.807) is 0 Å². The molecule has 1 fully saturated rings. The molecule has 1 heterocycles. The topological polar surface area (TPSA) is 41.5 Å². The van der Waals surface area contributed by atoms with E-state index in [0.29, 0.717) is 12.1 Å². The first-order chi connectivity index (χ1) is 5.36. The summed E-state index contributed by atoms with van der Waals surface area (Å²) in [4.78, 5) is 15.1. The monoisotopic (exact) mass is 152 g/mol. The van der Waals surface area contributed by atoms with Crippen molar-refractivity contribution in [3.8, 4) is 0 Å². The van der Waals surface area contributed by atoms with Gasteiger partial charge in [0.25, 0.3) is 5.91 Å². The van der Waals surface area contributed by atoms with E-state index in [-0.39, 0.29) is 5.91 Å².